The van der Waals surface area contributed by atoms with Gasteiger partial charge in [0, 0.05) is 32.6 Å². The molecule has 2 heterocycles. The van der Waals surface area contributed by atoms with E-state index in [0.29, 0.717) is 32.8 Å². The van der Waals surface area contributed by atoms with Crippen LogP contribution in [0.25, 0.3) is 0 Å². The van der Waals surface area contributed by atoms with Crippen LogP contribution in [0.2, 0.25) is 0 Å². The fourth-order valence-corrected chi connectivity index (χ4v) is 2.61. The van der Waals surface area contributed by atoms with Gasteiger partial charge >= 0.3 is 12.0 Å². The van der Waals surface area contributed by atoms with Crippen molar-refractivity contribution < 1.29 is 19.4 Å². The first-order chi connectivity index (χ1) is 8.56. The summed E-state index contributed by atoms with van der Waals surface area (Å²) < 4.78 is 5.40. The van der Waals surface area contributed by atoms with Crippen molar-refractivity contribution in [2.75, 3.05) is 32.8 Å². The van der Waals surface area contributed by atoms with Crippen molar-refractivity contribution in [3.8, 4) is 0 Å². The molecule has 0 spiro atoms. The number of hydrogen-bond donors (Lipinski definition) is 1. The number of aliphatic carboxylic acids is 1. The third-order valence-electron chi connectivity index (χ3n) is 3.53. The number of rotatable bonds is 2. The summed E-state index contributed by atoms with van der Waals surface area (Å²) in [5.74, 6) is -0.681. The quantitative estimate of drug-likeness (QED) is 0.786. The van der Waals surface area contributed by atoms with Crippen molar-refractivity contribution in [2.24, 2.45) is 5.92 Å². The minimum atomic E-state index is -0.783. The molecule has 0 aliphatic carbocycles. The molecule has 2 fully saturated rings. The molecule has 102 valence electrons. The Morgan fingerprint density at radius 2 is 2.00 bits per heavy atom. The van der Waals surface area contributed by atoms with Crippen LogP contribution in [0.4, 0.5) is 4.79 Å². The second kappa shape index (κ2) is 5.56. The van der Waals surface area contributed by atoms with Crippen LogP contribution < -0.4 is 0 Å². The molecule has 0 saturated carbocycles. The van der Waals surface area contributed by atoms with Gasteiger partial charge in [-0.15, -0.1) is 0 Å². The minimum absolute atomic E-state index is 0.0260. The minimum Gasteiger partial charge on any atom is -0.481 e. The van der Waals surface area contributed by atoms with Gasteiger partial charge in [-0.25, -0.2) is 4.79 Å². The third kappa shape index (κ3) is 3.13. The summed E-state index contributed by atoms with van der Waals surface area (Å²) in [4.78, 5) is 26.4. The Balaban J connectivity index is 1.85. The molecule has 2 unspecified atom stereocenters. The summed E-state index contributed by atoms with van der Waals surface area (Å²) in [7, 11) is 0. The van der Waals surface area contributed by atoms with Crippen molar-refractivity contribution in [3.05, 3.63) is 0 Å². The van der Waals surface area contributed by atoms with E-state index in [1.165, 1.54) is 0 Å². The van der Waals surface area contributed by atoms with Gasteiger partial charge in [-0.05, 0) is 19.3 Å². The van der Waals surface area contributed by atoms with Crippen LogP contribution in [0.5, 0.6) is 0 Å². The number of nitrogens with zero attached hydrogens (tertiary/aromatic N) is 2. The molecular weight excluding hydrogens is 236 g/mol. The Bertz CT molecular complexity index is 334. The van der Waals surface area contributed by atoms with Gasteiger partial charge in [-0.2, -0.15) is 0 Å². The van der Waals surface area contributed by atoms with Crippen LogP contribution in [0.1, 0.15) is 19.8 Å². The average molecular weight is 256 g/mol. The van der Waals surface area contributed by atoms with Crippen LogP contribution in [0.15, 0.2) is 0 Å². The summed E-state index contributed by atoms with van der Waals surface area (Å²) in [5.41, 5.74) is 0. The largest absolute Gasteiger partial charge is 0.481 e. The second-order valence-electron chi connectivity index (χ2n) is 5.11. The van der Waals surface area contributed by atoms with E-state index in [0.717, 1.165) is 6.42 Å². The monoisotopic (exact) mass is 256 g/mol. The number of carbonyl (C=O) groups excluding carboxylic acids is 1. The molecule has 2 atom stereocenters. The van der Waals surface area contributed by atoms with Gasteiger partial charge in [0.25, 0.3) is 0 Å². The van der Waals surface area contributed by atoms with Crippen LogP contribution in [0.3, 0.4) is 0 Å². The van der Waals surface area contributed by atoms with E-state index in [9.17, 15) is 9.59 Å². The van der Waals surface area contributed by atoms with E-state index in [-0.39, 0.29) is 24.5 Å². The van der Waals surface area contributed by atoms with Crippen LogP contribution in [0, 0.1) is 5.92 Å². The zero-order valence-corrected chi connectivity index (χ0v) is 10.7. The summed E-state index contributed by atoms with van der Waals surface area (Å²) in [6, 6.07) is 0.0260. The molecule has 1 N–H and O–H groups in total. The van der Waals surface area contributed by atoms with E-state index >= 15 is 0 Å². The molecule has 0 bridgehead atoms. The Hall–Kier alpha value is -1.30. The number of urea groups is 1. The molecule has 2 amide bonds. The maximum absolute atomic E-state index is 12.2. The number of hydrogen-bond acceptors (Lipinski definition) is 3. The molecule has 18 heavy (non-hydrogen) atoms. The predicted octanol–water partition coefficient (Wildman–Crippen LogP) is 0.624. The fraction of sp³-hybridized carbons (Fsp3) is 0.833. The van der Waals surface area contributed by atoms with Crippen LogP contribution in [-0.2, 0) is 9.53 Å². The lowest BCUT2D eigenvalue weighted by molar-refractivity contribution is -0.138. The molecule has 0 aromatic heterocycles. The fourth-order valence-electron chi connectivity index (χ4n) is 2.61. The summed E-state index contributed by atoms with van der Waals surface area (Å²) >= 11 is 0. The smallest absolute Gasteiger partial charge is 0.320 e. The maximum atomic E-state index is 12.2. The summed E-state index contributed by atoms with van der Waals surface area (Å²) in [5, 5.41) is 8.75. The zero-order valence-electron chi connectivity index (χ0n) is 10.7. The van der Waals surface area contributed by atoms with E-state index in [1.807, 2.05) is 6.92 Å². The van der Waals surface area contributed by atoms with Gasteiger partial charge in [0.1, 0.15) is 0 Å². The lowest BCUT2D eigenvalue weighted by Crippen LogP contribution is -2.49. The number of morpholine rings is 1. The summed E-state index contributed by atoms with van der Waals surface area (Å²) in [6.45, 7) is 5.03. The van der Waals surface area contributed by atoms with E-state index in [2.05, 4.69) is 0 Å². The molecule has 6 heteroatoms. The van der Waals surface area contributed by atoms with Gasteiger partial charge in [0.2, 0.25) is 0 Å². The van der Waals surface area contributed by atoms with Gasteiger partial charge in [0.15, 0.2) is 0 Å². The Morgan fingerprint density at radius 3 is 2.67 bits per heavy atom. The van der Waals surface area contributed by atoms with Crippen molar-refractivity contribution >= 4 is 12.0 Å². The number of amides is 2. The maximum Gasteiger partial charge on any atom is 0.320 e. The van der Waals surface area contributed by atoms with E-state index < -0.39 is 5.97 Å². The first kappa shape index (κ1) is 13.1. The Labute approximate surface area is 106 Å². The number of likely N-dealkylation sites (tertiary alicyclic amines) is 1. The summed E-state index contributed by atoms with van der Waals surface area (Å²) in [6.07, 6.45) is 1.03. The van der Waals surface area contributed by atoms with Gasteiger partial charge in [-0.1, -0.05) is 0 Å². The van der Waals surface area contributed by atoms with E-state index in [1.54, 1.807) is 9.80 Å². The van der Waals surface area contributed by atoms with Crippen molar-refractivity contribution in [1.82, 2.24) is 9.80 Å². The van der Waals surface area contributed by atoms with Crippen LogP contribution >= 0.6 is 0 Å². The predicted molar refractivity (Wildman–Crippen MR) is 64.3 cm³/mol. The second-order valence-corrected chi connectivity index (χ2v) is 5.11. The number of carboxylic acid groups (broad SMARTS) is 1. The normalized spacial score (nSPS) is 28.5. The van der Waals surface area contributed by atoms with Crippen molar-refractivity contribution in [1.29, 1.82) is 0 Å². The van der Waals surface area contributed by atoms with Gasteiger partial charge in [0.05, 0.1) is 12.7 Å². The van der Waals surface area contributed by atoms with Crippen molar-refractivity contribution in [3.63, 3.8) is 0 Å². The number of carbonyl (C=O) groups is 2. The molecule has 2 aliphatic heterocycles. The molecule has 0 aromatic rings. The molecule has 0 radical (unpaired) electrons. The first-order valence-electron chi connectivity index (χ1n) is 6.43. The standard InChI is InChI=1S/C12H20N2O4/c1-9-7-14(4-5-18-9)12(17)13-3-2-10(8-13)6-11(15)16/h9-10H,2-8H2,1H3,(H,15,16). The molecule has 2 aliphatic rings. The highest BCUT2D eigenvalue weighted by Gasteiger charge is 2.31. The SMILES string of the molecule is CC1CN(C(=O)N2CCC(CC(=O)O)C2)CCO1. The average Bonchev–Trinajstić information content (AvgIpc) is 2.75. The lowest BCUT2D eigenvalue weighted by Gasteiger charge is -2.34. The first-order valence-corrected chi connectivity index (χ1v) is 6.43. The molecule has 2 rings (SSSR count). The van der Waals surface area contributed by atoms with E-state index in [4.69, 9.17) is 9.84 Å². The van der Waals surface area contributed by atoms with Crippen molar-refractivity contribution in [2.45, 2.75) is 25.9 Å². The third-order valence-corrected chi connectivity index (χ3v) is 3.53. The molecule has 0 aromatic carbocycles. The molecule has 6 nitrogen and oxygen atoms in total. The highest BCUT2D eigenvalue weighted by atomic mass is 16.5. The van der Waals surface area contributed by atoms with Gasteiger partial charge in [-0.3, -0.25) is 4.79 Å². The zero-order chi connectivity index (χ0) is 13.1. The topological polar surface area (TPSA) is 70.1 Å². The number of carboxylic acids is 1. The number of ether oxygens (including phenoxy) is 1. The Morgan fingerprint density at radius 1 is 1.28 bits per heavy atom. The van der Waals surface area contributed by atoms with Gasteiger partial charge < -0.3 is 19.6 Å². The molecular formula is C12H20N2O4. The highest BCUT2D eigenvalue weighted by Crippen LogP contribution is 2.21. The molecule has 2 saturated heterocycles. The van der Waals surface area contributed by atoms with Crippen LogP contribution in [-0.4, -0.2) is 65.8 Å². The lowest BCUT2D eigenvalue weighted by atomic mass is 10.1. The highest BCUT2D eigenvalue weighted by molar-refractivity contribution is 5.75. The Kier molecular flexibility index (Phi) is 4.06.